The molecule has 0 N–H and O–H groups in total. The van der Waals surface area contributed by atoms with Crippen LogP contribution in [0.4, 0.5) is 4.79 Å². The zero-order chi connectivity index (χ0) is 19.6. The summed E-state index contributed by atoms with van der Waals surface area (Å²) in [5.74, 6) is 0. The lowest BCUT2D eigenvalue weighted by molar-refractivity contribution is -0.00805. The topological polar surface area (TPSA) is 55.3 Å². The summed E-state index contributed by atoms with van der Waals surface area (Å²) in [6, 6.07) is 9.52. The van der Waals surface area contributed by atoms with Gasteiger partial charge in [0.1, 0.15) is 10.2 Å². The molecule has 0 aliphatic carbocycles. The van der Waals surface area contributed by atoms with Crippen molar-refractivity contribution < 1.29 is 9.53 Å². The third-order valence-corrected chi connectivity index (χ3v) is 5.12. The van der Waals surface area contributed by atoms with Gasteiger partial charge in [-0.05, 0) is 86.6 Å². The van der Waals surface area contributed by atoms with Gasteiger partial charge in [-0.3, -0.25) is 9.88 Å². The van der Waals surface area contributed by atoms with Gasteiger partial charge in [-0.15, -0.1) is 0 Å². The van der Waals surface area contributed by atoms with Crippen LogP contribution in [-0.4, -0.2) is 26.6 Å². The fraction of sp³-hybridized carbons (Fsp3) is 0.476. The van der Waals surface area contributed by atoms with Crippen LogP contribution in [0.2, 0.25) is 0 Å². The van der Waals surface area contributed by atoms with E-state index < -0.39 is 5.60 Å². The highest BCUT2D eigenvalue weighted by molar-refractivity contribution is 9.10. The molecule has 5 nitrogen and oxygen atoms in total. The number of aryl methyl sites for hydroxylation is 1. The molecule has 1 aliphatic rings. The van der Waals surface area contributed by atoms with Crippen molar-refractivity contribution >= 4 is 22.0 Å². The van der Waals surface area contributed by atoms with Crippen molar-refractivity contribution in [2.45, 2.75) is 64.6 Å². The first kappa shape index (κ1) is 19.8. The Balaban J connectivity index is 2.04. The smallest absolute Gasteiger partial charge is 0.411 e. The maximum atomic E-state index is 13.2. The van der Waals surface area contributed by atoms with Gasteiger partial charge < -0.3 is 4.74 Å². The van der Waals surface area contributed by atoms with Crippen LogP contribution in [0, 0.1) is 6.92 Å². The van der Waals surface area contributed by atoms with E-state index in [1.807, 2.05) is 62.9 Å². The molecule has 2 atom stereocenters. The molecular formula is C21H26BrN3O2. The van der Waals surface area contributed by atoms with Gasteiger partial charge in [-0.1, -0.05) is 12.1 Å². The van der Waals surface area contributed by atoms with E-state index in [-0.39, 0.29) is 18.2 Å². The number of rotatable bonds is 2. The third-order valence-electron chi connectivity index (χ3n) is 4.67. The molecule has 0 spiro atoms. The zero-order valence-electron chi connectivity index (χ0n) is 16.3. The number of amides is 1. The Hall–Kier alpha value is -1.95. The monoisotopic (exact) mass is 431 g/mol. The van der Waals surface area contributed by atoms with Crippen LogP contribution >= 0.6 is 15.9 Å². The van der Waals surface area contributed by atoms with E-state index in [9.17, 15) is 4.79 Å². The van der Waals surface area contributed by atoms with Crippen molar-refractivity contribution in [3.63, 3.8) is 0 Å². The molecule has 27 heavy (non-hydrogen) atoms. The van der Waals surface area contributed by atoms with Crippen LogP contribution < -0.4 is 0 Å². The Bertz CT molecular complexity index is 819. The third kappa shape index (κ3) is 4.67. The molecule has 0 unspecified atom stereocenters. The number of hydrogen-bond donors (Lipinski definition) is 0. The Morgan fingerprint density at radius 3 is 2.59 bits per heavy atom. The van der Waals surface area contributed by atoms with Gasteiger partial charge in [0.15, 0.2) is 0 Å². The van der Waals surface area contributed by atoms with Gasteiger partial charge in [0, 0.05) is 6.20 Å². The van der Waals surface area contributed by atoms with E-state index in [1.54, 1.807) is 6.20 Å². The number of hydrogen-bond acceptors (Lipinski definition) is 4. The van der Waals surface area contributed by atoms with Crippen molar-refractivity contribution in [1.82, 2.24) is 14.9 Å². The maximum Gasteiger partial charge on any atom is 0.411 e. The largest absolute Gasteiger partial charge is 0.444 e. The number of halogens is 1. The number of nitrogens with zero attached hydrogens (tertiary/aromatic N) is 3. The van der Waals surface area contributed by atoms with Crippen LogP contribution in [0.15, 0.2) is 41.1 Å². The van der Waals surface area contributed by atoms with Crippen molar-refractivity contribution in [3.8, 4) is 0 Å². The van der Waals surface area contributed by atoms with Gasteiger partial charge in [-0.25, -0.2) is 9.78 Å². The Morgan fingerprint density at radius 2 is 1.93 bits per heavy atom. The van der Waals surface area contributed by atoms with Crippen molar-refractivity contribution in [2.75, 3.05) is 0 Å². The summed E-state index contributed by atoms with van der Waals surface area (Å²) < 4.78 is 6.53. The second kappa shape index (κ2) is 7.97. The molecule has 1 aliphatic heterocycles. The number of carbonyl (C=O) groups is 1. The van der Waals surface area contributed by atoms with Crippen molar-refractivity contribution in [2.24, 2.45) is 0 Å². The molecular weight excluding hydrogens is 406 g/mol. The summed E-state index contributed by atoms with van der Waals surface area (Å²) >= 11 is 3.45. The fourth-order valence-corrected chi connectivity index (χ4v) is 3.94. The van der Waals surface area contributed by atoms with Crippen LogP contribution in [0.1, 0.15) is 69.1 Å². The Morgan fingerprint density at radius 1 is 1.19 bits per heavy atom. The summed E-state index contributed by atoms with van der Waals surface area (Å²) in [5, 5.41) is 0. The minimum atomic E-state index is -0.562. The van der Waals surface area contributed by atoms with Gasteiger partial charge in [0.05, 0.1) is 23.5 Å². The quantitative estimate of drug-likeness (QED) is 0.567. The van der Waals surface area contributed by atoms with Crippen molar-refractivity contribution in [1.29, 1.82) is 0 Å². The summed E-state index contributed by atoms with van der Waals surface area (Å²) in [7, 11) is 0. The molecule has 1 saturated heterocycles. The van der Waals surface area contributed by atoms with E-state index in [0.29, 0.717) is 0 Å². The molecule has 3 heterocycles. The summed E-state index contributed by atoms with van der Waals surface area (Å²) in [5.41, 5.74) is 2.32. The molecule has 0 bridgehead atoms. The number of carbonyl (C=O) groups excluding carboxylic acids is 1. The Kier molecular flexibility index (Phi) is 5.84. The number of piperidine rings is 1. The summed E-state index contributed by atoms with van der Waals surface area (Å²) in [6.45, 7) is 7.71. The predicted octanol–water partition coefficient (Wildman–Crippen LogP) is 5.75. The molecule has 6 heteroatoms. The maximum absolute atomic E-state index is 13.2. The van der Waals surface area contributed by atoms with E-state index >= 15 is 0 Å². The van der Waals surface area contributed by atoms with E-state index in [4.69, 9.17) is 4.74 Å². The number of ether oxygens (including phenoxy) is 1. The molecule has 0 aromatic carbocycles. The van der Waals surface area contributed by atoms with Gasteiger partial charge >= 0.3 is 6.09 Å². The number of pyridine rings is 2. The van der Waals surface area contributed by atoms with Crippen LogP contribution in [0.5, 0.6) is 0 Å². The van der Waals surface area contributed by atoms with Gasteiger partial charge in [-0.2, -0.15) is 0 Å². The lowest BCUT2D eigenvalue weighted by Gasteiger charge is -2.42. The lowest BCUT2D eigenvalue weighted by Crippen LogP contribution is -2.44. The molecule has 1 amide bonds. The van der Waals surface area contributed by atoms with E-state index in [2.05, 4.69) is 25.9 Å². The second-order valence-corrected chi connectivity index (χ2v) is 8.75. The highest BCUT2D eigenvalue weighted by atomic mass is 79.9. The standard InChI is InChI=1S/C21H26BrN3O2/c1-14-8-7-13-23-19(14)17-11-6-10-16(15-9-5-12-18(22)24-15)25(17)20(26)27-21(2,3)4/h5,7-9,12-13,16-17H,6,10-11H2,1-4H3/t16-,17+/m1/s1. The van der Waals surface area contributed by atoms with E-state index in [1.165, 1.54) is 0 Å². The molecule has 144 valence electrons. The second-order valence-electron chi connectivity index (χ2n) is 7.94. The number of aromatic nitrogens is 2. The number of likely N-dealkylation sites (tertiary alicyclic amines) is 1. The Labute approximate surface area is 169 Å². The van der Waals surface area contributed by atoms with Gasteiger partial charge in [0.2, 0.25) is 0 Å². The average molecular weight is 432 g/mol. The lowest BCUT2D eigenvalue weighted by atomic mass is 9.90. The highest BCUT2D eigenvalue weighted by Crippen LogP contribution is 2.42. The molecule has 2 aromatic rings. The molecule has 0 radical (unpaired) electrons. The normalized spacial score (nSPS) is 20.4. The molecule has 2 aromatic heterocycles. The first-order valence-corrected chi connectivity index (χ1v) is 10.1. The first-order chi connectivity index (χ1) is 12.8. The summed E-state index contributed by atoms with van der Waals surface area (Å²) in [4.78, 5) is 24.3. The highest BCUT2D eigenvalue weighted by Gasteiger charge is 2.40. The van der Waals surface area contributed by atoms with Crippen LogP contribution in [0.3, 0.4) is 0 Å². The van der Waals surface area contributed by atoms with Crippen LogP contribution in [-0.2, 0) is 4.74 Å². The summed E-state index contributed by atoms with van der Waals surface area (Å²) in [6.07, 6.45) is 4.19. The molecule has 3 rings (SSSR count). The van der Waals surface area contributed by atoms with Crippen molar-refractivity contribution in [3.05, 3.63) is 58.1 Å². The fourth-order valence-electron chi connectivity index (χ4n) is 3.58. The molecule has 0 saturated carbocycles. The minimum Gasteiger partial charge on any atom is -0.444 e. The van der Waals surface area contributed by atoms with Gasteiger partial charge in [0.25, 0.3) is 0 Å². The zero-order valence-corrected chi connectivity index (χ0v) is 17.9. The predicted molar refractivity (Wildman–Crippen MR) is 108 cm³/mol. The minimum absolute atomic E-state index is 0.124. The molecule has 1 fully saturated rings. The first-order valence-electron chi connectivity index (χ1n) is 9.31. The van der Waals surface area contributed by atoms with E-state index in [0.717, 1.165) is 40.8 Å². The average Bonchev–Trinajstić information content (AvgIpc) is 2.60. The van der Waals surface area contributed by atoms with Crippen LogP contribution in [0.25, 0.3) is 0 Å². The SMILES string of the molecule is Cc1cccnc1[C@@H]1CCC[C@H](c2cccc(Br)n2)N1C(=O)OC(C)(C)C.